The fraction of sp³-hybridized carbons (Fsp3) is 0.900. The van der Waals surface area contributed by atoms with Crippen LogP contribution in [0.5, 0.6) is 0 Å². The van der Waals surface area contributed by atoms with Gasteiger partial charge in [0, 0.05) is 13.0 Å². The molecule has 0 aromatic heterocycles. The summed E-state index contributed by atoms with van der Waals surface area (Å²) >= 11 is 0. The van der Waals surface area contributed by atoms with Gasteiger partial charge >= 0.3 is 5.97 Å². The number of ether oxygens (including phenoxy) is 2. The molecule has 88 valence electrons. The van der Waals surface area contributed by atoms with Gasteiger partial charge in [-0.3, -0.25) is 0 Å². The Morgan fingerprint density at radius 1 is 1.60 bits per heavy atom. The van der Waals surface area contributed by atoms with E-state index in [-0.39, 0.29) is 13.0 Å². The molecule has 5 nitrogen and oxygen atoms in total. The molecule has 0 amide bonds. The van der Waals surface area contributed by atoms with Gasteiger partial charge in [-0.25, -0.2) is 4.79 Å². The van der Waals surface area contributed by atoms with Crippen LogP contribution in [-0.2, 0) is 14.3 Å². The lowest BCUT2D eigenvalue weighted by Gasteiger charge is -2.37. The van der Waals surface area contributed by atoms with Gasteiger partial charge in [-0.1, -0.05) is 0 Å². The van der Waals surface area contributed by atoms with Crippen LogP contribution in [0.1, 0.15) is 27.2 Å². The molecular weight excluding hydrogens is 198 g/mol. The highest BCUT2D eigenvalue weighted by atomic mass is 16.6. The molecule has 0 spiro atoms. The number of rotatable bonds is 1. The standard InChI is InChI=1S/C10H19NO4/c1-9(2,3)15-8(13)10(11)4-5-14-6-7(10)12/h7,12H,4-6,11H2,1-3H3/t7-,10-/m1/s1. The molecule has 1 heterocycles. The zero-order valence-corrected chi connectivity index (χ0v) is 9.45. The molecule has 0 aromatic carbocycles. The highest BCUT2D eigenvalue weighted by Gasteiger charge is 2.46. The van der Waals surface area contributed by atoms with E-state index in [0.717, 1.165) is 0 Å². The van der Waals surface area contributed by atoms with Crippen molar-refractivity contribution < 1.29 is 19.4 Å². The van der Waals surface area contributed by atoms with E-state index in [0.29, 0.717) is 6.61 Å². The van der Waals surface area contributed by atoms with Gasteiger partial charge in [0.15, 0.2) is 0 Å². The number of carbonyl (C=O) groups is 1. The minimum atomic E-state index is -1.33. The molecule has 1 aliphatic rings. The molecule has 1 fully saturated rings. The maximum atomic E-state index is 11.8. The van der Waals surface area contributed by atoms with Crippen LogP contribution in [0, 0.1) is 0 Å². The van der Waals surface area contributed by atoms with Gasteiger partial charge in [-0.2, -0.15) is 0 Å². The molecule has 1 aliphatic heterocycles. The Bertz CT molecular complexity index is 248. The zero-order valence-electron chi connectivity index (χ0n) is 9.45. The topological polar surface area (TPSA) is 81.8 Å². The Balaban J connectivity index is 2.71. The van der Waals surface area contributed by atoms with E-state index in [1.165, 1.54) is 0 Å². The molecule has 1 rings (SSSR count). The molecule has 0 radical (unpaired) electrons. The zero-order chi connectivity index (χ0) is 11.7. The van der Waals surface area contributed by atoms with E-state index in [2.05, 4.69) is 0 Å². The normalized spacial score (nSPS) is 32.5. The summed E-state index contributed by atoms with van der Waals surface area (Å²) in [6.07, 6.45) is -0.718. The lowest BCUT2D eigenvalue weighted by Crippen LogP contribution is -2.63. The fourth-order valence-corrected chi connectivity index (χ4v) is 1.36. The average molecular weight is 217 g/mol. The van der Waals surface area contributed by atoms with Crippen LogP contribution >= 0.6 is 0 Å². The molecule has 2 atom stereocenters. The molecule has 5 heteroatoms. The van der Waals surface area contributed by atoms with Crippen LogP contribution in [0.2, 0.25) is 0 Å². The second-order valence-electron chi connectivity index (χ2n) is 4.88. The van der Waals surface area contributed by atoms with Crippen LogP contribution in [0.15, 0.2) is 0 Å². The number of carbonyl (C=O) groups excluding carboxylic acids is 1. The summed E-state index contributed by atoms with van der Waals surface area (Å²) in [5, 5.41) is 9.64. The maximum Gasteiger partial charge on any atom is 0.329 e. The summed E-state index contributed by atoms with van der Waals surface area (Å²) in [6.45, 7) is 5.74. The largest absolute Gasteiger partial charge is 0.459 e. The summed E-state index contributed by atoms with van der Waals surface area (Å²) in [5.74, 6) is -0.564. The van der Waals surface area contributed by atoms with Crippen molar-refractivity contribution in [3.05, 3.63) is 0 Å². The lowest BCUT2D eigenvalue weighted by molar-refractivity contribution is -0.173. The number of esters is 1. The van der Waals surface area contributed by atoms with Crippen LogP contribution in [0.4, 0.5) is 0 Å². The van der Waals surface area contributed by atoms with Crippen LogP contribution in [0.25, 0.3) is 0 Å². The first-order valence-electron chi connectivity index (χ1n) is 5.04. The highest BCUT2D eigenvalue weighted by molar-refractivity contribution is 5.82. The SMILES string of the molecule is CC(C)(C)OC(=O)[C@@]1(N)CCOC[C@H]1O. The first-order chi connectivity index (χ1) is 6.76. The van der Waals surface area contributed by atoms with Gasteiger partial charge < -0.3 is 20.3 Å². The van der Waals surface area contributed by atoms with E-state index >= 15 is 0 Å². The van der Waals surface area contributed by atoms with Gasteiger partial charge in [0.2, 0.25) is 0 Å². The minimum Gasteiger partial charge on any atom is -0.459 e. The third-order valence-electron chi connectivity index (χ3n) is 2.31. The van der Waals surface area contributed by atoms with Crippen molar-refractivity contribution in [2.45, 2.75) is 44.4 Å². The first kappa shape index (κ1) is 12.4. The van der Waals surface area contributed by atoms with Crippen molar-refractivity contribution in [2.24, 2.45) is 5.73 Å². The van der Waals surface area contributed by atoms with Crippen molar-refractivity contribution in [1.82, 2.24) is 0 Å². The Hall–Kier alpha value is -0.650. The maximum absolute atomic E-state index is 11.8. The monoisotopic (exact) mass is 217 g/mol. The van der Waals surface area contributed by atoms with E-state index in [4.69, 9.17) is 15.2 Å². The third kappa shape index (κ3) is 2.90. The summed E-state index contributed by atoms with van der Waals surface area (Å²) < 4.78 is 10.2. The van der Waals surface area contributed by atoms with E-state index in [9.17, 15) is 9.90 Å². The third-order valence-corrected chi connectivity index (χ3v) is 2.31. The van der Waals surface area contributed by atoms with Crippen molar-refractivity contribution in [1.29, 1.82) is 0 Å². The number of hydrogen-bond acceptors (Lipinski definition) is 5. The molecule has 0 aromatic rings. The van der Waals surface area contributed by atoms with Gasteiger partial charge in [-0.15, -0.1) is 0 Å². The van der Waals surface area contributed by atoms with E-state index in [1.54, 1.807) is 20.8 Å². The second-order valence-corrected chi connectivity index (χ2v) is 4.88. The molecule has 0 bridgehead atoms. The Morgan fingerprint density at radius 2 is 2.20 bits per heavy atom. The molecule has 0 unspecified atom stereocenters. The lowest BCUT2D eigenvalue weighted by atomic mass is 9.88. The van der Waals surface area contributed by atoms with Gasteiger partial charge in [0.05, 0.1) is 6.61 Å². The second kappa shape index (κ2) is 4.08. The quantitative estimate of drug-likeness (QED) is 0.595. The molecule has 15 heavy (non-hydrogen) atoms. The summed E-state index contributed by atoms with van der Waals surface area (Å²) in [7, 11) is 0. The summed E-state index contributed by atoms with van der Waals surface area (Å²) in [5.41, 5.74) is 3.93. The number of aliphatic hydroxyl groups is 1. The summed E-state index contributed by atoms with van der Waals surface area (Å²) in [4.78, 5) is 11.8. The highest BCUT2D eigenvalue weighted by Crippen LogP contribution is 2.22. The van der Waals surface area contributed by atoms with Crippen molar-refractivity contribution in [3.8, 4) is 0 Å². The van der Waals surface area contributed by atoms with Crippen molar-refractivity contribution in [2.75, 3.05) is 13.2 Å². The predicted octanol–water partition coefficient (Wildman–Crippen LogP) is -0.193. The molecule has 3 N–H and O–H groups in total. The van der Waals surface area contributed by atoms with Crippen LogP contribution in [0.3, 0.4) is 0 Å². The van der Waals surface area contributed by atoms with Crippen LogP contribution < -0.4 is 5.73 Å². The van der Waals surface area contributed by atoms with Gasteiger partial charge in [-0.05, 0) is 20.8 Å². The fourth-order valence-electron chi connectivity index (χ4n) is 1.36. The van der Waals surface area contributed by atoms with Crippen molar-refractivity contribution >= 4 is 5.97 Å². The summed E-state index contributed by atoms with van der Waals surface area (Å²) in [6, 6.07) is 0. The Labute approximate surface area is 89.5 Å². The number of aliphatic hydroxyl groups excluding tert-OH is 1. The molecule has 0 aliphatic carbocycles. The molecular formula is C10H19NO4. The molecule has 1 saturated heterocycles. The predicted molar refractivity (Wildman–Crippen MR) is 54.2 cm³/mol. The van der Waals surface area contributed by atoms with Gasteiger partial charge in [0.1, 0.15) is 17.2 Å². The van der Waals surface area contributed by atoms with Crippen molar-refractivity contribution in [3.63, 3.8) is 0 Å². The van der Waals surface area contributed by atoms with Crippen LogP contribution in [-0.4, -0.2) is 41.5 Å². The number of hydrogen-bond donors (Lipinski definition) is 2. The minimum absolute atomic E-state index is 0.0791. The van der Waals surface area contributed by atoms with E-state index < -0.39 is 23.2 Å². The van der Waals surface area contributed by atoms with E-state index in [1.807, 2.05) is 0 Å². The first-order valence-corrected chi connectivity index (χ1v) is 5.04. The Morgan fingerprint density at radius 3 is 2.67 bits per heavy atom. The number of nitrogens with two attached hydrogens (primary N) is 1. The van der Waals surface area contributed by atoms with Gasteiger partial charge in [0.25, 0.3) is 0 Å². The molecule has 0 saturated carbocycles. The Kier molecular flexibility index (Phi) is 3.38. The average Bonchev–Trinajstić information content (AvgIpc) is 2.07. The smallest absolute Gasteiger partial charge is 0.329 e.